The number of aliphatic hydroxyl groups is 1. The van der Waals surface area contributed by atoms with Gasteiger partial charge in [-0.15, -0.1) is 0 Å². The second-order valence-corrected chi connectivity index (χ2v) is 8.25. The van der Waals surface area contributed by atoms with Crippen LogP contribution in [0.1, 0.15) is 78.1 Å². The van der Waals surface area contributed by atoms with Crippen LogP contribution in [0.2, 0.25) is 0 Å². The number of likely N-dealkylation sites (N-methyl/N-ethyl adjacent to an activating group) is 1. The molecule has 0 aliphatic rings. The highest BCUT2D eigenvalue weighted by atomic mass is 16.3. The van der Waals surface area contributed by atoms with E-state index in [4.69, 9.17) is 0 Å². The van der Waals surface area contributed by atoms with Gasteiger partial charge in [-0.2, -0.15) is 0 Å². The van der Waals surface area contributed by atoms with Gasteiger partial charge in [0.2, 0.25) is 11.8 Å². The molecule has 0 aliphatic carbocycles. The molecule has 0 aliphatic heterocycles. The molecule has 7 heteroatoms. The van der Waals surface area contributed by atoms with Gasteiger partial charge in [-0.3, -0.25) is 14.4 Å². The van der Waals surface area contributed by atoms with E-state index in [1.54, 1.807) is 14.1 Å². The molecule has 2 atom stereocenters. The number of hydrogen-bond acceptors (Lipinski definition) is 4. The third kappa shape index (κ3) is 10.6. The van der Waals surface area contributed by atoms with Crippen molar-refractivity contribution in [3.8, 4) is 0 Å². The average Bonchev–Trinajstić information content (AvgIpc) is 2.59. The van der Waals surface area contributed by atoms with Crippen LogP contribution in [0.5, 0.6) is 0 Å². The molecule has 164 valence electrons. The summed E-state index contributed by atoms with van der Waals surface area (Å²) in [6.07, 6.45) is 8.48. The second-order valence-electron chi connectivity index (χ2n) is 8.25. The fraction of sp³-hybridized carbons (Fsp3) is 0.857. The summed E-state index contributed by atoms with van der Waals surface area (Å²) in [6, 6.07) is -0.0357. The molecular weight excluding hydrogens is 358 g/mol. The molecule has 7 nitrogen and oxygen atoms in total. The first-order valence-corrected chi connectivity index (χ1v) is 10.5. The highest BCUT2D eigenvalue weighted by Gasteiger charge is 2.42. The lowest BCUT2D eigenvalue weighted by Crippen LogP contribution is -2.52. The fourth-order valence-corrected chi connectivity index (χ4v) is 3.11. The predicted octanol–water partition coefficient (Wildman–Crippen LogP) is 2.32. The van der Waals surface area contributed by atoms with Gasteiger partial charge in [0.25, 0.3) is 5.91 Å². The first-order valence-electron chi connectivity index (χ1n) is 10.5. The summed E-state index contributed by atoms with van der Waals surface area (Å²) >= 11 is 0. The van der Waals surface area contributed by atoms with Crippen LogP contribution in [0.3, 0.4) is 0 Å². The van der Waals surface area contributed by atoms with Gasteiger partial charge in [0, 0.05) is 34.2 Å². The monoisotopic (exact) mass is 399 g/mol. The number of nitrogens with zero attached hydrogens (tertiary/aromatic N) is 2. The smallest absolute Gasteiger partial charge is 0.255 e. The number of nitrogens with one attached hydrogen (secondary N) is 1. The van der Waals surface area contributed by atoms with Crippen LogP contribution in [0.15, 0.2) is 0 Å². The predicted molar refractivity (Wildman–Crippen MR) is 112 cm³/mol. The molecule has 0 radical (unpaired) electrons. The summed E-state index contributed by atoms with van der Waals surface area (Å²) < 4.78 is 0. The normalized spacial score (nSPS) is 14.1. The Morgan fingerprint density at radius 2 is 1.43 bits per heavy atom. The maximum absolute atomic E-state index is 12.4. The molecule has 0 heterocycles. The number of hydrogen-bond donors (Lipinski definition) is 2. The van der Waals surface area contributed by atoms with Crippen molar-refractivity contribution >= 4 is 17.7 Å². The molecule has 2 unspecified atom stereocenters. The van der Waals surface area contributed by atoms with E-state index >= 15 is 0 Å². The maximum Gasteiger partial charge on any atom is 0.255 e. The van der Waals surface area contributed by atoms with Crippen LogP contribution in [0.4, 0.5) is 0 Å². The van der Waals surface area contributed by atoms with E-state index in [1.807, 2.05) is 6.92 Å². The lowest BCUT2D eigenvalue weighted by Gasteiger charge is -2.30. The zero-order valence-corrected chi connectivity index (χ0v) is 18.7. The van der Waals surface area contributed by atoms with E-state index in [0.29, 0.717) is 0 Å². The molecule has 0 aromatic rings. The summed E-state index contributed by atoms with van der Waals surface area (Å²) in [7, 11) is 6.09. The standard InChI is InChI=1S/C21H41N3O4/c1-7-8-9-10-11-12-13-14-17(2)22-18(25)15-21(28,20(27)24(5)6)16-19(26)23(3)4/h17,28H,7-16H2,1-6H3,(H,22,25). The first kappa shape index (κ1) is 26.4. The van der Waals surface area contributed by atoms with Crippen molar-refractivity contribution < 1.29 is 19.5 Å². The topological polar surface area (TPSA) is 90.0 Å². The van der Waals surface area contributed by atoms with Crippen LogP contribution in [-0.2, 0) is 14.4 Å². The Balaban J connectivity index is 4.53. The molecule has 0 spiro atoms. The maximum atomic E-state index is 12.4. The molecule has 0 bridgehead atoms. The Labute approximate surface area is 170 Å². The Bertz CT molecular complexity index is 494. The number of amides is 3. The summed E-state index contributed by atoms with van der Waals surface area (Å²) in [5, 5.41) is 13.6. The third-order valence-electron chi connectivity index (χ3n) is 4.85. The van der Waals surface area contributed by atoms with E-state index in [0.717, 1.165) is 19.3 Å². The van der Waals surface area contributed by atoms with Gasteiger partial charge in [0.05, 0.1) is 12.8 Å². The number of rotatable bonds is 14. The van der Waals surface area contributed by atoms with Crippen molar-refractivity contribution in [3.05, 3.63) is 0 Å². The Morgan fingerprint density at radius 1 is 0.893 bits per heavy atom. The minimum absolute atomic E-state index is 0.0357. The van der Waals surface area contributed by atoms with E-state index < -0.39 is 36.2 Å². The second kappa shape index (κ2) is 13.5. The van der Waals surface area contributed by atoms with Gasteiger partial charge in [-0.1, -0.05) is 51.9 Å². The van der Waals surface area contributed by atoms with Crippen molar-refractivity contribution in [2.45, 2.75) is 89.7 Å². The molecule has 0 aromatic heterocycles. The Hall–Kier alpha value is -1.63. The van der Waals surface area contributed by atoms with Crippen LogP contribution in [-0.4, -0.2) is 72.5 Å². The Kier molecular flexibility index (Phi) is 12.7. The van der Waals surface area contributed by atoms with Crippen molar-refractivity contribution in [3.63, 3.8) is 0 Å². The number of carbonyl (C=O) groups is 3. The van der Waals surface area contributed by atoms with E-state index in [-0.39, 0.29) is 6.04 Å². The van der Waals surface area contributed by atoms with Crippen LogP contribution < -0.4 is 5.32 Å². The Morgan fingerprint density at radius 3 is 1.93 bits per heavy atom. The average molecular weight is 400 g/mol. The van der Waals surface area contributed by atoms with Crippen LogP contribution in [0, 0.1) is 0 Å². The third-order valence-corrected chi connectivity index (χ3v) is 4.85. The van der Waals surface area contributed by atoms with Gasteiger partial charge in [0.15, 0.2) is 5.60 Å². The van der Waals surface area contributed by atoms with Gasteiger partial charge < -0.3 is 20.2 Å². The van der Waals surface area contributed by atoms with Gasteiger partial charge in [-0.05, 0) is 13.3 Å². The van der Waals surface area contributed by atoms with Crippen LogP contribution in [0.25, 0.3) is 0 Å². The van der Waals surface area contributed by atoms with Crippen molar-refractivity contribution in [2.75, 3.05) is 28.2 Å². The van der Waals surface area contributed by atoms with Crippen molar-refractivity contribution in [1.29, 1.82) is 0 Å². The number of unbranched alkanes of at least 4 members (excludes halogenated alkanes) is 6. The summed E-state index contributed by atoms with van der Waals surface area (Å²) in [6.45, 7) is 4.13. The molecule has 0 fully saturated rings. The zero-order valence-electron chi connectivity index (χ0n) is 18.7. The minimum Gasteiger partial charge on any atom is -0.379 e. The lowest BCUT2D eigenvalue weighted by atomic mass is 9.92. The molecule has 2 N–H and O–H groups in total. The van der Waals surface area contributed by atoms with Gasteiger partial charge in [-0.25, -0.2) is 0 Å². The molecular formula is C21H41N3O4. The van der Waals surface area contributed by atoms with E-state index in [9.17, 15) is 19.5 Å². The molecule has 0 saturated carbocycles. The molecule has 28 heavy (non-hydrogen) atoms. The molecule has 0 rings (SSSR count). The highest BCUT2D eigenvalue weighted by molar-refractivity contribution is 5.95. The summed E-state index contributed by atoms with van der Waals surface area (Å²) in [5.74, 6) is -1.46. The first-order chi connectivity index (χ1) is 13.0. The number of carbonyl (C=O) groups excluding carboxylic acids is 3. The SMILES string of the molecule is CCCCCCCCCC(C)NC(=O)CC(O)(CC(=O)N(C)C)C(=O)N(C)C. The molecule has 3 amide bonds. The zero-order chi connectivity index (χ0) is 21.7. The quantitative estimate of drug-likeness (QED) is 0.439. The lowest BCUT2D eigenvalue weighted by molar-refractivity contribution is -0.158. The summed E-state index contributed by atoms with van der Waals surface area (Å²) in [4.78, 5) is 39.3. The van der Waals surface area contributed by atoms with Gasteiger partial charge in [0.1, 0.15) is 0 Å². The molecule has 0 saturated heterocycles. The largest absolute Gasteiger partial charge is 0.379 e. The van der Waals surface area contributed by atoms with Gasteiger partial charge >= 0.3 is 0 Å². The fourth-order valence-electron chi connectivity index (χ4n) is 3.11. The van der Waals surface area contributed by atoms with Crippen molar-refractivity contribution in [1.82, 2.24) is 15.1 Å². The highest BCUT2D eigenvalue weighted by Crippen LogP contribution is 2.20. The van der Waals surface area contributed by atoms with E-state index in [1.165, 1.54) is 56.0 Å². The van der Waals surface area contributed by atoms with E-state index in [2.05, 4.69) is 12.2 Å². The summed E-state index contributed by atoms with van der Waals surface area (Å²) in [5.41, 5.74) is -2.03. The minimum atomic E-state index is -2.03. The van der Waals surface area contributed by atoms with Crippen LogP contribution >= 0.6 is 0 Å². The van der Waals surface area contributed by atoms with Crippen molar-refractivity contribution in [2.24, 2.45) is 0 Å². The molecule has 0 aromatic carbocycles.